The molecule has 2 N–H and O–H groups in total. The number of methoxy groups -OCH3 is 1. The molecule has 2 aromatic rings. The summed E-state index contributed by atoms with van der Waals surface area (Å²) in [6.45, 7) is 4.17. The van der Waals surface area contributed by atoms with Gasteiger partial charge in [0.1, 0.15) is 11.3 Å². The second-order valence-corrected chi connectivity index (χ2v) is 6.28. The van der Waals surface area contributed by atoms with Crippen molar-refractivity contribution in [2.75, 3.05) is 20.3 Å². The molecule has 0 spiro atoms. The average molecular weight is 343 g/mol. The summed E-state index contributed by atoms with van der Waals surface area (Å²) in [7, 11) is 1.46. The van der Waals surface area contributed by atoms with E-state index in [1.54, 1.807) is 12.1 Å². The highest BCUT2D eigenvalue weighted by Gasteiger charge is 2.15. The van der Waals surface area contributed by atoms with Crippen molar-refractivity contribution in [1.82, 2.24) is 4.90 Å². The molecule has 1 unspecified atom stereocenters. The molecule has 0 heterocycles. The summed E-state index contributed by atoms with van der Waals surface area (Å²) in [6, 6.07) is 15.3. The van der Waals surface area contributed by atoms with Crippen molar-refractivity contribution in [2.45, 2.75) is 20.0 Å². The number of rotatable bonds is 9. The smallest absolute Gasteiger partial charge is 0.339 e. The van der Waals surface area contributed by atoms with Crippen LogP contribution in [0.15, 0.2) is 48.5 Å². The van der Waals surface area contributed by atoms with E-state index in [9.17, 15) is 15.0 Å². The van der Waals surface area contributed by atoms with E-state index in [0.29, 0.717) is 12.3 Å². The SMILES string of the molecule is COc1ccc(CN(Cc2ccccc2)CC(C)CO)cc1C(=O)O. The van der Waals surface area contributed by atoms with Crippen LogP contribution in [-0.4, -0.2) is 41.3 Å². The molecule has 0 saturated heterocycles. The molecule has 134 valence electrons. The first-order valence-electron chi connectivity index (χ1n) is 8.30. The Bertz CT molecular complexity index is 687. The van der Waals surface area contributed by atoms with Gasteiger partial charge < -0.3 is 14.9 Å². The Labute approximate surface area is 148 Å². The summed E-state index contributed by atoms with van der Waals surface area (Å²) in [4.78, 5) is 13.6. The van der Waals surface area contributed by atoms with Crippen molar-refractivity contribution in [3.05, 3.63) is 65.2 Å². The molecule has 5 heteroatoms. The van der Waals surface area contributed by atoms with Gasteiger partial charge in [-0.3, -0.25) is 4.90 Å². The van der Waals surface area contributed by atoms with Crippen molar-refractivity contribution in [3.8, 4) is 5.75 Å². The fourth-order valence-corrected chi connectivity index (χ4v) is 2.80. The van der Waals surface area contributed by atoms with Crippen LogP contribution in [0.25, 0.3) is 0 Å². The maximum absolute atomic E-state index is 11.4. The number of aliphatic hydroxyl groups excluding tert-OH is 1. The number of carboxylic acid groups (broad SMARTS) is 1. The maximum atomic E-state index is 11.4. The van der Waals surface area contributed by atoms with E-state index < -0.39 is 5.97 Å². The molecule has 0 aliphatic heterocycles. The first kappa shape index (κ1) is 19.0. The standard InChI is InChI=1S/C20H25NO4/c1-15(14-22)11-21(12-16-6-4-3-5-7-16)13-17-8-9-19(25-2)18(10-17)20(23)24/h3-10,15,22H,11-14H2,1-2H3,(H,23,24). The Morgan fingerprint density at radius 2 is 1.80 bits per heavy atom. The Hall–Kier alpha value is -2.37. The number of aliphatic hydroxyl groups is 1. The molecule has 5 nitrogen and oxygen atoms in total. The molecule has 0 radical (unpaired) electrons. The van der Waals surface area contributed by atoms with E-state index in [-0.39, 0.29) is 18.1 Å². The van der Waals surface area contributed by atoms with Crippen molar-refractivity contribution in [1.29, 1.82) is 0 Å². The number of aromatic carboxylic acids is 1. The van der Waals surface area contributed by atoms with Crippen LogP contribution >= 0.6 is 0 Å². The van der Waals surface area contributed by atoms with E-state index in [1.165, 1.54) is 12.7 Å². The number of carbonyl (C=O) groups is 1. The van der Waals surface area contributed by atoms with Crippen LogP contribution in [0.5, 0.6) is 5.75 Å². The molecule has 0 saturated carbocycles. The fourth-order valence-electron chi connectivity index (χ4n) is 2.80. The summed E-state index contributed by atoms with van der Waals surface area (Å²) < 4.78 is 5.12. The Balaban J connectivity index is 2.20. The van der Waals surface area contributed by atoms with E-state index >= 15 is 0 Å². The lowest BCUT2D eigenvalue weighted by Gasteiger charge is -2.25. The Kier molecular flexibility index (Phi) is 6.98. The van der Waals surface area contributed by atoms with E-state index in [2.05, 4.69) is 17.0 Å². The minimum Gasteiger partial charge on any atom is -0.496 e. The zero-order valence-corrected chi connectivity index (χ0v) is 14.7. The molecule has 0 aliphatic rings. The minimum atomic E-state index is -1.00. The average Bonchev–Trinajstić information content (AvgIpc) is 2.62. The second-order valence-electron chi connectivity index (χ2n) is 6.28. The van der Waals surface area contributed by atoms with Gasteiger partial charge in [-0.2, -0.15) is 0 Å². The number of carboxylic acids is 1. The molecular weight excluding hydrogens is 318 g/mol. The molecule has 0 fully saturated rings. The van der Waals surface area contributed by atoms with Crippen molar-refractivity contribution in [2.24, 2.45) is 5.92 Å². The van der Waals surface area contributed by atoms with Crippen molar-refractivity contribution < 1.29 is 19.7 Å². The molecule has 2 aromatic carbocycles. The Morgan fingerprint density at radius 3 is 2.40 bits per heavy atom. The zero-order chi connectivity index (χ0) is 18.2. The lowest BCUT2D eigenvalue weighted by atomic mass is 10.1. The summed E-state index contributed by atoms with van der Waals surface area (Å²) in [5.41, 5.74) is 2.24. The molecule has 0 aliphatic carbocycles. The summed E-state index contributed by atoms with van der Waals surface area (Å²) in [5, 5.41) is 18.7. The molecule has 2 rings (SSSR count). The largest absolute Gasteiger partial charge is 0.496 e. The first-order chi connectivity index (χ1) is 12.0. The van der Waals surface area contributed by atoms with Crippen LogP contribution in [0.1, 0.15) is 28.4 Å². The quantitative estimate of drug-likeness (QED) is 0.732. The van der Waals surface area contributed by atoms with Gasteiger partial charge in [0.15, 0.2) is 0 Å². The van der Waals surface area contributed by atoms with Gasteiger partial charge in [-0.05, 0) is 29.2 Å². The molecule has 0 amide bonds. The third kappa shape index (κ3) is 5.59. The maximum Gasteiger partial charge on any atom is 0.339 e. The highest BCUT2D eigenvalue weighted by atomic mass is 16.5. The number of hydrogen-bond donors (Lipinski definition) is 2. The monoisotopic (exact) mass is 343 g/mol. The second kappa shape index (κ2) is 9.20. The highest BCUT2D eigenvalue weighted by Crippen LogP contribution is 2.21. The van der Waals surface area contributed by atoms with Crippen LogP contribution in [0.3, 0.4) is 0 Å². The van der Waals surface area contributed by atoms with Crippen LogP contribution < -0.4 is 4.74 Å². The third-order valence-electron chi connectivity index (χ3n) is 4.03. The fraction of sp³-hybridized carbons (Fsp3) is 0.350. The van der Waals surface area contributed by atoms with E-state index in [4.69, 9.17) is 4.74 Å². The number of benzene rings is 2. The normalized spacial score (nSPS) is 12.2. The van der Waals surface area contributed by atoms with E-state index in [0.717, 1.165) is 18.7 Å². The Morgan fingerprint density at radius 1 is 1.12 bits per heavy atom. The molecule has 25 heavy (non-hydrogen) atoms. The first-order valence-corrected chi connectivity index (χ1v) is 8.30. The molecule has 1 atom stereocenters. The van der Waals surface area contributed by atoms with Crippen LogP contribution in [0.2, 0.25) is 0 Å². The zero-order valence-electron chi connectivity index (χ0n) is 14.7. The van der Waals surface area contributed by atoms with Crippen LogP contribution in [-0.2, 0) is 13.1 Å². The van der Waals surface area contributed by atoms with Crippen LogP contribution in [0, 0.1) is 5.92 Å². The predicted octanol–water partition coefficient (Wildman–Crippen LogP) is 3.02. The molecular formula is C20H25NO4. The summed E-state index contributed by atoms with van der Waals surface area (Å²) in [5.74, 6) is -0.507. The highest BCUT2D eigenvalue weighted by molar-refractivity contribution is 5.91. The lowest BCUT2D eigenvalue weighted by molar-refractivity contribution is 0.0693. The topological polar surface area (TPSA) is 70.0 Å². The van der Waals surface area contributed by atoms with Gasteiger partial charge in [0.2, 0.25) is 0 Å². The number of ether oxygens (including phenoxy) is 1. The molecule has 0 bridgehead atoms. The predicted molar refractivity (Wildman–Crippen MR) is 96.8 cm³/mol. The van der Waals surface area contributed by atoms with Crippen LogP contribution in [0.4, 0.5) is 0 Å². The van der Waals surface area contributed by atoms with Gasteiger partial charge in [-0.25, -0.2) is 4.79 Å². The van der Waals surface area contributed by atoms with E-state index in [1.807, 2.05) is 31.2 Å². The third-order valence-corrected chi connectivity index (χ3v) is 4.03. The molecule has 0 aromatic heterocycles. The van der Waals surface area contributed by atoms with Gasteiger partial charge >= 0.3 is 5.97 Å². The lowest BCUT2D eigenvalue weighted by Crippen LogP contribution is -2.29. The van der Waals surface area contributed by atoms with Gasteiger partial charge in [-0.1, -0.05) is 43.3 Å². The van der Waals surface area contributed by atoms with Gasteiger partial charge in [-0.15, -0.1) is 0 Å². The number of nitrogens with zero attached hydrogens (tertiary/aromatic N) is 1. The van der Waals surface area contributed by atoms with Crippen molar-refractivity contribution in [3.63, 3.8) is 0 Å². The summed E-state index contributed by atoms with van der Waals surface area (Å²) in [6.07, 6.45) is 0. The van der Waals surface area contributed by atoms with Gasteiger partial charge in [0.05, 0.1) is 7.11 Å². The van der Waals surface area contributed by atoms with Gasteiger partial charge in [0, 0.05) is 26.2 Å². The summed E-state index contributed by atoms with van der Waals surface area (Å²) >= 11 is 0. The van der Waals surface area contributed by atoms with Gasteiger partial charge in [0.25, 0.3) is 0 Å². The minimum absolute atomic E-state index is 0.119. The number of hydrogen-bond acceptors (Lipinski definition) is 4. The van der Waals surface area contributed by atoms with Crippen molar-refractivity contribution >= 4 is 5.97 Å².